The van der Waals surface area contributed by atoms with Crippen molar-refractivity contribution in [3.63, 3.8) is 0 Å². The van der Waals surface area contributed by atoms with Gasteiger partial charge in [0.15, 0.2) is 0 Å². The van der Waals surface area contributed by atoms with Crippen molar-refractivity contribution in [2.75, 3.05) is 6.61 Å². The molecule has 1 N–H and O–H groups in total. The minimum Gasteiger partial charge on any atom is -0.457 e. The molecule has 0 saturated heterocycles. The SMILES string of the molecule is Cn1nc(-c2ccccc2Oc2ccccc2)c(-c2ccc(CCO)cc2)cc1=O. The zero-order chi connectivity index (χ0) is 20.9. The highest BCUT2D eigenvalue weighted by Gasteiger charge is 2.16. The molecule has 0 aliphatic carbocycles. The lowest BCUT2D eigenvalue weighted by molar-refractivity contribution is 0.299. The maximum atomic E-state index is 12.4. The fraction of sp³-hybridized carbons (Fsp3) is 0.120. The molecule has 0 amide bonds. The van der Waals surface area contributed by atoms with Crippen LogP contribution in [0.2, 0.25) is 0 Å². The van der Waals surface area contributed by atoms with Gasteiger partial charge in [0, 0.05) is 30.8 Å². The molecule has 1 heterocycles. The highest BCUT2D eigenvalue weighted by atomic mass is 16.5. The average molecular weight is 398 g/mol. The van der Waals surface area contributed by atoms with Crippen molar-refractivity contribution >= 4 is 0 Å². The Morgan fingerprint density at radius 3 is 2.33 bits per heavy atom. The zero-order valence-corrected chi connectivity index (χ0v) is 16.7. The molecule has 5 heteroatoms. The Kier molecular flexibility index (Phi) is 5.72. The molecule has 150 valence electrons. The van der Waals surface area contributed by atoms with Gasteiger partial charge in [-0.1, -0.05) is 54.6 Å². The number of hydrogen-bond donors (Lipinski definition) is 1. The molecule has 5 nitrogen and oxygen atoms in total. The van der Waals surface area contributed by atoms with Crippen LogP contribution in [0, 0.1) is 0 Å². The lowest BCUT2D eigenvalue weighted by atomic mass is 9.98. The third-order valence-electron chi connectivity index (χ3n) is 4.87. The largest absolute Gasteiger partial charge is 0.457 e. The second kappa shape index (κ2) is 8.76. The van der Waals surface area contributed by atoms with Crippen LogP contribution in [0.5, 0.6) is 11.5 Å². The number of nitrogens with zero attached hydrogens (tertiary/aromatic N) is 2. The van der Waals surface area contributed by atoms with Crippen LogP contribution in [-0.4, -0.2) is 21.5 Å². The van der Waals surface area contributed by atoms with Gasteiger partial charge in [-0.05, 0) is 41.8 Å². The molecule has 30 heavy (non-hydrogen) atoms. The fourth-order valence-corrected chi connectivity index (χ4v) is 3.30. The van der Waals surface area contributed by atoms with E-state index in [1.54, 1.807) is 13.1 Å². The number of rotatable bonds is 6. The minimum atomic E-state index is -0.186. The van der Waals surface area contributed by atoms with Gasteiger partial charge >= 0.3 is 0 Å². The summed E-state index contributed by atoms with van der Waals surface area (Å²) in [6.45, 7) is 0.0994. The van der Waals surface area contributed by atoms with E-state index in [4.69, 9.17) is 9.84 Å². The van der Waals surface area contributed by atoms with Gasteiger partial charge in [0.05, 0.1) is 0 Å². The van der Waals surface area contributed by atoms with Crippen molar-refractivity contribution < 1.29 is 9.84 Å². The average Bonchev–Trinajstić information content (AvgIpc) is 2.77. The second-order valence-corrected chi connectivity index (χ2v) is 6.95. The summed E-state index contributed by atoms with van der Waals surface area (Å²) in [5.41, 5.74) is 3.93. The van der Waals surface area contributed by atoms with Crippen LogP contribution in [0.15, 0.2) is 89.7 Å². The molecule has 0 aliphatic rings. The number of hydrogen-bond acceptors (Lipinski definition) is 4. The van der Waals surface area contributed by atoms with Crippen LogP contribution < -0.4 is 10.3 Å². The predicted molar refractivity (Wildman–Crippen MR) is 118 cm³/mol. The maximum Gasteiger partial charge on any atom is 0.267 e. The molecule has 4 aromatic rings. The number of aryl methyl sites for hydroxylation is 1. The summed E-state index contributed by atoms with van der Waals surface area (Å²) in [7, 11) is 1.64. The van der Waals surface area contributed by atoms with Crippen molar-refractivity contribution in [2.45, 2.75) is 6.42 Å². The number of ether oxygens (including phenoxy) is 1. The lowest BCUT2D eigenvalue weighted by Crippen LogP contribution is -2.19. The van der Waals surface area contributed by atoms with E-state index in [2.05, 4.69) is 5.10 Å². The van der Waals surface area contributed by atoms with E-state index in [1.165, 1.54) is 4.68 Å². The normalized spacial score (nSPS) is 10.7. The van der Waals surface area contributed by atoms with E-state index in [-0.39, 0.29) is 12.2 Å². The van der Waals surface area contributed by atoms with Crippen LogP contribution in [0.4, 0.5) is 0 Å². The Balaban J connectivity index is 1.84. The molecular formula is C25H22N2O3. The van der Waals surface area contributed by atoms with Crippen LogP contribution in [0.25, 0.3) is 22.4 Å². The fourth-order valence-electron chi connectivity index (χ4n) is 3.30. The van der Waals surface area contributed by atoms with E-state index < -0.39 is 0 Å². The maximum absolute atomic E-state index is 12.4. The number of benzene rings is 3. The van der Waals surface area contributed by atoms with E-state index in [1.807, 2.05) is 78.9 Å². The third kappa shape index (κ3) is 4.16. The van der Waals surface area contributed by atoms with Gasteiger partial charge in [-0.3, -0.25) is 4.79 Å². The van der Waals surface area contributed by atoms with Gasteiger partial charge in [-0.25, -0.2) is 4.68 Å². The van der Waals surface area contributed by atoms with Crippen molar-refractivity contribution in [3.8, 4) is 33.9 Å². The Labute approximate surface area is 174 Å². The highest BCUT2D eigenvalue weighted by Crippen LogP contribution is 2.37. The van der Waals surface area contributed by atoms with Gasteiger partial charge in [0.1, 0.15) is 17.2 Å². The summed E-state index contributed by atoms with van der Waals surface area (Å²) >= 11 is 0. The van der Waals surface area contributed by atoms with Gasteiger partial charge in [0.25, 0.3) is 5.56 Å². The molecule has 0 fully saturated rings. The topological polar surface area (TPSA) is 64.3 Å². The molecule has 1 aromatic heterocycles. The van der Waals surface area contributed by atoms with Crippen molar-refractivity contribution in [1.82, 2.24) is 9.78 Å². The summed E-state index contributed by atoms with van der Waals surface area (Å²) in [6.07, 6.45) is 0.593. The van der Waals surface area contributed by atoms with E-state index in [9.17, 15) is 4.79 Å². The van der Waals surface area contributed by atoms with Gasteiger partial charge < -0.3 is 9.84 Å². The Hall–Kier alpha value is -3.70. The Morgan fingerprint density at radius 2 is 1.60 bits per heavy atom. The molecule has 0 bridgehead atoms. The van der Waals surface area contributed by atoms with Crippen LogP contribution in [-0.2, 0) is 13.5 Å². The Bertz CT molecular complexity index is 1200. The van der Waals surface area contributed by atoms with Gasteiger partial charge in [-0.2, -0.15) is 5.10 Å². The smallest absolute Gasteiger partial charge is 0.267 e. The lowest BCUT2D eigenvalue weighted by Gasteiger charge is -2.15. The predicted octanol–water partition coefficient (Wildman–Crippen LogP) is 4.44. The molecule has 0 saturated carbocycles. The quantitative estimate of drug-likeness (QED) is 0.521. The first-order chi connectivity index (χ1) is 14.7. The third-order valence-corrected chi connectivity index (χ3v) is 4.87. The molecule has 0 radical (unpaired) electrons. The molecule has 4 rings (SSSR count). The minimum absolute atomic E-state index is 0.0994. The van der Waals surface area contributed by atoms with Crippen molar-refractivity contribution in [3.05, 3.63) is 101 Å². The van der Waals surface area contributed by atoms with Gasteiger partial charge in [-0.15, -0.1) is 0 Å². The second-order valence-electron chi connectivity index (χ2n) is 6.95. The molecule has 3 aromatic carbocycles. The summed E-state index contributed by atoms with van der Waals surface area (Å²) < 4.78 is 7.45. The highest BCUT2D eigenvalue weighted by molar-refractivity contribution is 5.83. The summed E-state index contributed by atoms with van der Waals surface area (Å²) in [6, 6.07) is 26.6. The number of aromatic nitrogens is 2. The van der Waals surface area contributed by atoms with Crippen molar-refractivity contribution in [1.29, 1.82) is 0 Å². The summed E-state index contributed by atoms with van der Waals surface area (Å²) in [5, 5.41) is 13.7. The Morgan fingerprint density at radius 1 is 0.900 bits per heavy atom. The van der Waals surface area contributed by atoms with E-state index >= 15 is 0 Å². The first-order valence-electron chi connectivity index (χ1n) is 9.76. The van der Waals surface area contributed by atoms with Crippen LogP contribution in [0.1, 0.15) is 5.56 Å². The van der Waals surface area contributed by atoms with Crippen LogP contribution >= 0.6 is 0 Å². The summed E-state index contributed by atoms with van der Waals surface area (Å²) in [5.74, 6) is 1.39. The first kappa shape index (κ1) is 19.6. The number of aliphatic hydroxyl groups excluding tert-OH is 1. The summed E-state index contributed by atoms with van der Waals surface area (Å²) in [4.78, 5) is 12.4. The first-order valence-corrected chi connectivity index (χ1v) is 9.76. The van der Waals surface area contributed by atoms with Crippen LogP contribution in [0.3, 0.4) is 0 Å². The molecule has 0 atom stereocenters. The van der Waals surface area contributed by atoms with Gasteiger partial charge in [0.2, 0.25) is 0 Å². The zero-order valence-electron chi connectivity index (χ0n) is 16.7. The standard InChI is InChI=1S/C25H22N2O3/c1-27-24(29)17-22(19-13-11-18(12-14-19)15-16-28)25(26-27)21-9-5-6-10-23(21)30-20-7-3-2-4-8-20/h2-14,17,28H,15-16H2,1H3. The number of para-hydroxylation sites is 2. The van der Waals surface area contributed by atoms with E-state index in [0.717, 1.165) is 28.0 Å². The van der Waals surface area contributed by atoms with Crippen molar-refractivity contribution in [2.24, 2.45) is 7.05 Å². The molecule has 0 spiro atoms. The molecular weight excluding hydrogens is 376 g/mol. The number of aliphatic hydroxyl groups is 1. The van der Waals surface area contributed by atoms with E-state index in [0.29, 0.717) is 17.9 Å². The monoisotopic (exact) mass is 398 g/mol. The molecule has 0 unspecified atom stereocenters. The molecule has 0 aliphatic heterocycles.